The van der Waals surface area contributed by atoms with Gasteiger partial charge in [-0.25, -0.2) is 9.78 Å². The number of H-pyrrole nitrogens is 1. The van der Waals surface area contributed by atoms with Gasteiger partial charge in [-0.05, 0) is 71.2 Å². The van der Waals surface area contributed by atoms with E-state index in [0.717, 1.165) is 34.2 Å². The Morgan fingerprint density at radius 2 is 1.83 bits per heavy atom. The molecule has 3 heterocycles. The number of nitrogens with one attached hydrogen (secondary N) is 1. The summed E-state index contributed by atoms with van der Waals surface area (Å²) in [6.07, 6.45) is 7.15. The highest BCUT2D eigenvalue weighted by atomic mass is 16.8. The Balaban J connectivity index is 1.18. The van der Waals surface area contributed by atoms with Crippen LogP contribution < -0.4 is 15.4 Å². The van der Waals surface area contributed by atoms with Crippen molar-refractivity contribution in [2.24, 2.45) is 17.6 Å². The minimum atomic E-state index is -3.14. The molecule has 312 valence electrons. The number of allylic oxidation sites excluding steroid dienone is 2. The molecule has 1 saturated carbocycles. The summed E-state index contributed by atoms with van der Waals surface area (Å²) in [6, 6.07) is 14.5. The fourth-order valence-electron chi connectivity index (χ4n) is 10.5. The number of nitrogens with zero attached hydrogens (tertiary/aromatic N) is 2. The van der Waals surface area contributed by atoms with Gasteiger partial charge in [0.25, 0.3) is 5.91 Å². The van der Waals surface area contributed by atoms with Crippen molar-refractivity contribution in [2.75, 3.05) is 11.5 Å². The van der Waals surface area contributed by atoms with Crippen LogP contribution in [0.2, 0.25) is 0 Å². The number of aliphatic carboxylic acids is 1. The van der Waals surface area contributed by atoms with Gasteiger partial charge < -0.3 is 61.0 Å². The summed E-state index contributed by atoms with van der Waals surface area (Å²) in [4.78, 5) is 37.0. The van der Waals surface area contributed by atoms with Crippen LogP contribution in [-0.4, -0.2) is 111 Å². The van der Waals surface area contributed by atoms with Gasteiger partial charge in [0.1, 0.15) is 24.1 Å². The molecule has 11 atom stereocenters. The number of fused-ring (bicyclic) bond motifs is 6. The first-order valence-electron chi connectivity index (χ1n) is 19.6. The number of nitrogens with two attached hydrogens (primary N) is 1. The first-order valence-corrected chi connectivity index (χ1v) is 19.6. The van der Waals surface area contributed by atoms with E-state index in [4.69, 9.17) is 15.2 Å². The predicted octanol–water partition coefficient (Wildman–Crippen LogP) is 1.77. The monoisotopic (exact) mass is 820 g/mol. The number of carboxylic acid groups (broad SMARTS) is 1. The van der Waals surface area contributed by atoms with Crippen LogP contribution in [0.15, 0.2) is 91.4 Å². The molecule has 16 heteroatoms. The van der Waals surface area contributed by atoms with Gasteiger partial charge in [-0.15, -0.1) is 0 Å². The molecule has 1 aromatic heterocycles. The lowest BCUT2D eigenvalue weighted by Gasteiger charge is -2.49. The lowest BCUT2D eigenvalue weighted by atomic mass is 9.55. The molecule has 4 aromatic rings. The summed E-state index contributed by atoms with van der Waals surface area (Å²) in [7, 11) is 0. The van der Waals surface area contributed by atoms with Gasteiger partial charge in [-0.2, -0.15) is 0 Å². The van der Waals surface area contributed by atoms with Crippen molar-refractivity contribution in [1.82, 2.24) is 9.97 Å². The van der Waals surface area contributed by atoms with E-state index < -0.39 is 89.2 Å². The van der Waals surface area contributed by atoms with Crippen molar-refractivity contribution in [3.05, 3.63) is 125 Å². The van der Waals surface area contributed by atoms with Crippen LogP contribution in [-0.2, 0) is 26.2 Å². The van der Waals surface area contributed by atoms with E-state index in [1.165, 1.54) is 36.7 Å². The lowest BCUT2D eigenvalue weighted by molar-refractivity contribution is -0.422. The molecule has 0 spiro atoms. The standard InChI is InChI=1S/C44H44N4O12/c45-35-11-9-25-8-7-23-3-1-2-4-28(23)43(25,35)29-13-14-42(41(56)57)37(29)27-17-32(51)33(59-44(58)40(55)39(54)38(53)34(20-49)60-44)18-30(27)48(42)36(52)12-6-22-5-10-31(50)24(15-22)16-26-19-46-21-47-26/h1-8,10,12-15,17-19,21,25,29,34-35,37-40,49-51,53-55,58H,9,11,16,20,45H2,(H,46,47)(H,56,57)/b12-6+/t25-,29+,34+,35+,37-,38+,39-,40+,42+,43+,44-/m0/s1. The Labute approximate surface area is 342 Å². The number of rotatable bonds is 9. The van der Waals surface area contributed by atoms with E-state index in [2.05, 4.69) is 16.0 Å². The molecule has 3 aromatic carbocycles. The quantitative estimate of drug-likeness (QED) is 0.0655. The fourth-order valence-corrected chi connectivity index (χ4v) is 10.5. The summed E-state index contributed by atoms with van der Waals surface area (Å²) in [5.41, 5.74) is 8.11. The third kappa shape index (κ3) is 5.74. The highest BCUT2D eigenvalue weighted by molar-refractivity contribution is 6.13. The zero-order chi connectivity index (χ0) is 42.3. The van der Waals surface area contributed by atoms with Gasteiger partial charge in [0, 0.05) is 53.4 Å². The number of carbonyl (C=O) groups is 2. The Morgan fingerprint density at radius 3 is 2.58 bits per heavy atom. The summed E-state index contributed by atoms with van der Waals surface area (Å²) in [5, 5.41) is 86.4. The molecule has 2 fully saturated rings. The number of anilines is 1. The second kappa shape index (κ2) is 14.4. The molecular weight excluding hydrogens is 776 g/mol. The average molecular weight is 821 g/mol. The molecule has 2 aliphatic heterocycles. The van der Waals surface area contributed by atoms with Gasteiger partial charge >= 0.3 is 11.9 Å². The summed E-state index contributed by atoms with van der Waals surface area (Å²) in [6.45, 7) is -0.896. The van der Waals surface area contributed by atoms with Crippen LogP contribution >= 0.6 is 0 Å². The maximum Gasteiger partial charge on any atom is 0.355 e. The number of phenolic OH excluding ortho intramolecular Hbond substituents is 2. The number of aliphatic hydroxyl groups excluding tert-OH is 4. The maximum absolute atomic E-state index is 14.8. The number of hydrogen-bond acceptors (Lipinski definition) is 13. The predicted molar refractivity (Wildman–Crippen MR) is 213 cm³/mol. The molecule has 1 amide bonds. The largest absolute Gasteiger partial charge is 0.508 e. The van der Waals surface area contributed by atoms with Crippen molar-refractivity contribution in [3.8, 4) is 17.2 Å². The molecule has 3 aliphatic carbocycles. The number of ether oxygens (including phenoxy) is 2. The van der Waals surface area contributed by atoms with Gasteiger partial charge in [0.05, 0.1) is 18.6 Å². The SMILES string of the molecule is N[C@@H]1CC[C@@H]2C=Cc3ccccc3[C@]12[C@@H]1C=C[C@]2(C(=O)O)[C@H]1c1cc(O)c(O[C@]3(O)O[C@H](CO)[C@@H](O)[C@H](O)[C@H]3O)cc1N2C(=O)/C=C/c1ccc(O)c(Cc2cnc[nH]2)c1. The van der Waals surface area contributed by atoms with E-state index in [-0.39, 0.29) is 22.9 Å². The lowest BCUT2D eigenvalue weighted by Crippen LogP contribution is -2.67. The highest BCUT2D eigenvalue weighted by Gasteiger charge is 2.69. The molecule has 5 aliphatic rings. The maximum atomic E-state index is 14.8. The molecule has 11 N–H and O–H groups in total. The van der Waals surface area contributed by atoms with Crippen molar-refractivity contribution >= 4 is 29.7 Å². The summed E-state index contributed by atoms with van der Waals surface area (Å²) < 4.78 is 10.9. The normalized spacial score (nSPS) is 33.7. The number of aromatic amines is 1. The van der Waals surface area contributed by atoms with Crippen molar-refractivity contribution in [3.63, 3.8) is 0 Å². The first-order chi connectivity index (χ1) is 28.7. The summed E-state index contributed by atoms with van der Waals surface area (Å²) in [5.74, 6) is -8.26. The van der Waals surface area contributed by atoms with Crippen molar-refractivity contribution in [1.29, 1.82) is 0 Å². The van der Waals surface area contributed by atoms with Crippen LogP contribution in [0.4, 0.5) is 5.69 Å². The number of carboxylic acids is 1. The van der Waals surface area contributed by atoms with Gasteiger partial charge in [-0.1, -0.05) is 54.6 Å². The number of hydrogen-bond donors (Lipinski definition) is 10. The van der Waals surface area contributed by atoms with E-state index >= 15 is 0 Å². The zero-order valence-electron chi connectivity index (χ0n) is 31.9. The van der Waals surface area contributed by atoms with Crippen LogP contribution in [0.3, 0.4) is 0 Å². The minimum Gasteiger partial charge on any atom is -0.508 e. The van der Waals surface area contributed by atoms with Crippen molar-refractivity contribution in [2.45, 2.75) is 72.6 Å². The number of imidazole rings is 1. The van der Waals surface area contributed by atoms with E-state index in [9.17, 15) is 50.4 Å². The van der Waals surface area contributed by atoms with Crippen LogP contribution in [0.25, 0.3) is 12.2 Å². The second-order valence-electron chi connectivity index (χ2n) is 16.2. The topological polar surface area (TPSA) is 272 Å². The van der Waals surface area contributed by atoms with Gasteiger partial charge in [0.15, 0.2) is 23.1 Å². The average Bonchev–Trinajstić information content (AvgIpc) is 4.03. The van der Waals surface area contributed by atoms with Crippen LogP contribution in [0.5, 0.6) is 17.2 Å². The number of carbonyl (C=O) groups excluding carboxylic acids is 1. The number of benzene rings is 3. The Bertz CT molecular complexity index is 2450. The smallest absolute Gasteiger partial charge is 0.355 e. The van der Waals surface area contributed by atoms with E-state index in [1.54, 1.807) is 18.3 Å². The highest BCUT2D eigenvalue weighted by Crippen LogP contribution is 2.66. The molecule has 16 nitrogen and oxygen atoms in total. The third-order valence-electron chi connectivity index (χ3n) is 13.2. The van der Waals surface area contributed by atoms with Gasteiger partial charge in [-0.3, -0.25) is 9.69 Å². The molecule has 1 saturated heterocycles. The molecule has 0 bridgehead atoms. The van der Waals surface area contributed by atoms with E-state index in [1.807, 2.05) is 36.4 Å². The Morgan fingerprint density at radius 1 is 1.03 bits per heavy atom. The minimum absolute atomic E-state index is 0.0165. The molecule has 60 heavy (non-hydrogen) atoms. The number of aliphatic hydroxyl groups is 5. The second-order valence-corrected chi connectivity index (χ2v) is 16.2. The van der Waals surface area contributed by atoms with E-state index in [0.29, 0.717) is 24.0 Å². The van der Waals surface area contributed by atoms with Crippen molar-refractivity contribution < 1.29 is 59.9 Å². The molecule has 0 radical (unpaired) electrons. The first kappa shape index (κ1) is 39.6. The molecular formula is C44H44N4O12. The molecule has 9 rings (SSSR count). The number of aromatic hydroxyl groups is 2. The fraction of sp³-hybridized carbons (Fsp3) is 0.341. The van der Waals surface area contributed by atoms with Crippen LogP contribution in [0, 0.1) is 11.8 Å². The summed E-state index contributed by atoms with van der Waals surface area (Å²) >= 11 is 0. The number of amides is 1. The molecule has 0 unspecified atom stereocenters. The zero-order valence-corrected chi connectivity index (χ0v) is 31.9. The number of aromatic nitrogens is 2. The van der Waals surface area contributed by atoms with Crippen LogP contribution in [0.1, 0.15) is 52.3 Å². The Kier molecular flexibility index (Phi) is 9.51. The van der Waals surface area contributed by atoms with Gasteiger partial charge in [0.2, 0.25) is 0 Å². The third-order valence-corrected chi connectivity index (χ3v) is 13.2. The Hall–Kier alpha value is -5.85. The number of phenols is 2.